The molecule has 8 rings (SSSR count). The van der Waals surface area contributed by atoms with Gasteiger partial charge >= 0.3 is 6.09 Å². The van der Waals surface area contributed by atoms with E-state index in [1.54, 1.807) is 40.1 Å². The van der Waals surface area contributed by atoms with Gasteiger partial charge in [-0.3, -0.25) is 39.0 Å². The number of carbonyl (C=O) groups is 8. The number of carbonyl (C=O) groups excluding carboxylic acids is 8. The molecule has 73 heavy (non-hydrogen) atoms. The van der Waals surface area contributed by atoms with Gasteiger partial charge in [0.2, 0.25) is 5.91 Å². The topological polar surface area (TPSA) is 249 Å². The van der Waals surface area contributed by atoms with Crippen LogP contribution in [0.25, 0.3) is 21.7 Å². The maximum Gasteiger partial charge on any atom is 0.415 e. The number of halogens is 1. The maximum absolute atomic E-state index is 14.4. The van der Waals surface area contributed by atoms with Crippen molar-refractivity contribution in [1.82, 2.24) is 30.3 Å². The van der Waals surface area contributed by atoms with E-state index in [-0.39, 0.29) is 48.0 Å². The normalized spacial score (nSPS) is 16.4. The number of anilines is 3. The van der Waals surface area contributed by atoms with Crippen LogP contribution in [0.3, 0.4) is 0 Å². The number of ether oxygens (including phenoxy) is 1. The van der Waals surface area contributed by atoms with Crippen LogP contribution in [0.4, 0.5) is 21.9 Å². The Hall–Kier alpha value is -7.45. The number of amides is 7. The zero-order valence-corrected chi connectivity index (χ0v) is 41.3. The third-order valence-electron chi connectivity index (χ3n) is 13.3. The third-order valence-corrected chi connectivity index (χ3v) is 13.7. The van der Waals surface area contributed by atoms with Gasteiger partial charge in [0, 0.05) is 109 Å². The number of aromatic nitrogens is 1. The van der Waals surface area contributed by atoms with E-state index in [4.69, 9.17) is 22.1 Å². The Kier molecular flexibility index (Phi) is 17.0. The SMILES string of the molecule is CN1CCN(C(=O)Oc2cc3c(c4ccccc24)[C@H](CCl)CN3C(=O)c2cc3cc(NC(=O)c4ccc(NC(=O)[C@@H](NC(=O)CCCCCN5C(=O)C=CC5=O)N[C@H](C=O)CCCCN)cc4)ccc3[nH]2)CC1. The minimum atomic E-state index is -1.28. The minimum Gasteiger partial charge on any atom is -0.409 e. The molecule has 19 nitrogen and oxygen atoms in total. The molecule has 4 heterocycles. The second-order valence-electron chi connectivity index (χ2n) is 18.5. The summed E-state index contributed by atoms with van der Waals surface area (Å²) >= 11 is 6.55. The van der Waals surface area contributed by atoms with Gasteiger partial charge in [-0.25, -0.2) is 4.79 Å². The molecular formula is C53H59ClN10O9. The number of nitrogens with zero attached hydrogens (tertiary/aromatic N) is 4. The van der Waals surface area contributed by atoms with Gasteiger partial charge in [-0.2, -0.15) is 0 Å². The fraction of sp³-hybridized carbons (Fsp3) is 0.358. The number of aldehydes is 1. The highest BCUT2D eigenvalue weighted by atomic mass is 35.5. The first-order valence-corrected chi connectivity index (χ1v) is 25.1. The zero-order valence-electron chi connectivity index (χ0n) is 40.5. The summed E-state index contributed by atoms with van der Waals surface area (Å²) in [5.74, 6) is -2.10. The lowest BCUT2D eigenvalue weighted by Crippen LogP contribution is -2.56. The summed E-state index contributed by atoms with van der Waals surface area (Å²) in [6.07, 6.45) is 4.64. The van der Waals surface area contributed by atoms with Crippen LogP contribution in [0.15, 0.2) is 91.0 Å². The van der Waals surface area contributed by atoms with E-state index >= 15 is 0 Å². The monoisotopic (exact) mass is 1010 g/mol. The fourth-order valence-electron chi connectivity index (χ4n) is 9.27. The molecule has 0 bridgehead atoms. The van der Waals surface area contributed by atoms with E-state index in [2.05, 4.69) is 31.2 Å². The highest BCUT2D eigenvalue weighted by molar-refractivity contribution is 6.19. The summed E-state index contributed by atoms with van der Waals surface area (Å²) < 4.78 is 6.05. The number of likely N-dealkylation sites (N-methyl/N-ethyl adjacent to an activating group) is 1. The van der Waals surface area contributed by atoms with E-state index in [0.29, 0.717) is 110 Å². The Labute approximate surface area is 426 Å². The largest absolute Gasteiger partial charge is 0.415 e. The molecule has 3 aliphatic heterocycles. The van der Waals surface area contributed by atoms with E-state index < -0.39 is 36.0 Å². The predicted molar refractivity (Wildman–Crippen MR) is 278 cm³/mol. The molecule has 0 radical (unpaired) electrons. The summed E-state index contributed by atoms with van der Waals surface area (Å²) in [6, 6.07) is 21.7. The lowest BCUT2D eigenvalue weighted by atomic mass is 9.95. The van der Waals surface area contributed by atoms with Crippen molar-refractivity contribution >= 4 is 98.2 Å². The molecule has 5 aromatic rings. The van der Waals surface area contributed by atoms with E-state index in [9.17, 15) is 38.4 Å². The average Bonchev–Trinajstić information content (AvgIpc) is 4.09. The first-order valence-electron chi connectivity index (χ1n) is 24.5. The van der Waals surface area contributed by atoms with Crippen molar-refractivity contribution in [2.24, 2.45) is 5.73 Å². The van der Waals surface area contributed by atoms with Crippen LogP contribution in [0.1, 0.15) is 77.3 Å². The summed E-state index contributed by atoms with van der Waals surface area (Å²) in [7, 11) is 2.01. The Morgan fingerprint density at radius 1 is 0.849 bits per heavy atom. The highest BCUT2D eigenvalue weighted by Crippen LogP contribution is 2.46. The van der Waals surface area contributed by atoms with Gasteiger partial charge in [0.05, 0.1) is 11.7 Å². The molecule has 0 spiro atoms. The number of unbranched alkanes of at least 4 members (excludes halogenated alkanes) is 3. The minimum absolute atomic E-state index is 0.0607. The van der Waals surface area contributed by atoms with Crippen molar-refractivity contribution in [1.29, 1.82) is 0 Å². The molecule has 0 unspecified atom stereocenters. The van der Waals surface area contributed by atoms with Gasteiger partial charge < -0.3 is 50.9 Å². The van der Waals surface area contributed by atoms with Gasteiger partial charge in [0.25, 0.3) is 29.5 Å². The summed E-state index contributed by atoms with van der Waals surface area (Å²) in [6.45, 7) is 3.57. The average molecular weight is 1020 g/mol. The molecule has 0 aliphatic carbocycles. The van der Waals surface area contributed by atoms with Crippen molar-refractivity contribution in [3.8, 4) is 5.75 Å². The number of benzene rings is 4. The smallest absolute Gasteiger partial charge is 0.409 e. The Bertz CT molecular complexity index is 2920. The molecule has 1 fully saturated rings. The lowest BCUT2D eigenvalue weighted by Gasteiger charge is -2.31. The van der Waals surface area contributed by atoms with Crippen LogP contribution < -0.4 is 36.6 Å². The Morgan fingerprint density at radius 2 is 1.58 bits per heavy atom. The van der Waals surface area contributed by atoms with Gasteiger partial charge in [-0.15, -0.1) is 11.6 Å². The Balaban J connectivity index is 0.899. The number of rotatable bonds is 21. The van der Waals surface area contributed by atoms with E-state index in [1.165, 1.54) is 36.4 Å². The number of alkyl halides is 1. The molecule has 1 saturated heterocycles. The lowest BCUT2D eigenvalue weighted by molar-refractivity contribution is -0.137. The maximum atomic E-state index is 14.4. The molecule has 7 amide bonds. The van der Waals surface area contributed by atoms with E-state index in [0.717, 1.165) is 34.3 Å². The van der Waals surface area contributed by atoms with Crippen molar-refractivity contribution in [3.63, 3.8) is 0 Å². The second-order valence-corrected chi connectivity index (χ2v) is 18.8. The van der Waals surface area contributed by atoms with Crippen molar-refractivity contribution in [2.75, 3.05) is 74.3 Å². The van der Waals surface area contributed by atoms with Crippen LogP contribution in [0.2, 0.25) is 0 Å². The molecule has 4 aromatic carbocycles. The highest BCUT2D eigenvalue weighted by Gasteiger charge is 2.36. The number of imide groups is 1. The predicted octanol–water partition coefficient (Wildman–Crippen LogP) is 5.45. The number of hydrogen-bond donors (Lipinski definition) is 6. The fourth-order valence-corrected chi connectivity index (χ4v) is 9.52. The first-order chi connectivity index (χ1) is 35.3. The van der Waals surface area contributed by atoms with Gasteiger partial charge in [0.15, 0.2) is 6.17 Å². The number of hydrogen-bond acceptors (Lipinski definition) is 12. The summed E-state index contributed by atoms with van der Waals surface area (Å²) in [5.41, 5.74) is 9.20. The quantitative estimate of drug-likeness (QED) is 0.0177. The molecule has 382 valence electrons. The number of piperazine rings is 1. The molecule has 3 atom stereocenters. The molecule has 1 aromatic heterocycles. The molecule has 20 heteroatoms. The summed E-state index contributed by atoms with van der Waals surface area (Å²) in [5, 5.41) is 13.5. The van der Waals surface area contributed by atoms with Crippen molar-refractivity contribution in [3.05, 3.63) is 108 Å². The number of fused-ring (bicyclic) bond motifs is 4. The zero-order chi connectivity index (χ0) is 51.6. The summed E-state index contributed by atoms with van der Waals surface area (Å²) in [4.78, 5) is 113. The van der Waals surface area contributed by atoms with Crippen LogP contribution in [-0.4, -0.2) is 138 Å². The van der Waals surface area contributed by atoms with Gasteiger partial charge in [0.1, 0.15) is 17.7 Å². The number of aromatic amines is 1. The molecule has 0 saturated carbocycles. The van der Waals surface area contributed by atoms with Crippen LogP contribution in [0.5, 0.6) is 5.75 Å². The van der Waals surface area contributed by atoms with Gasteiger partial charge in [-0.1, -0.05) is 37.1 Å². The molecular weight excluding hydrogens is 956 g/mol. The standard InChI is InChI=1S/C53H59ClN10O9/c1-61-23-25-62(26-24-61)53(72)73-44-29-43-48(40-11-5-4-10-39(40)44)35(30-54)31-64(43)52(71)42-28-34-27-37(17-18-41(34)59-42)58-50(69)33-13-15-36(16-14-33)57-51(70)49(56-38(32-65)9-6-7-21-55)60-45(66)12-3-2-8-22-63-46(67)19-20-47(63)68/h4-5,10-11,13-20,27-29,32,35,38,49,56,59H,2-3,6-9,12,21-26,30-31,55H2,1H3,(H,57,70)(H,58,69)(H,60,66)/t35-,38+,49-/m1/s1. The van der Waals surface area contributed by atoms with Crippen LogP contribution >= 0.6 is 11.6 Å². The first kappa shape index (κ1) is 51.9. The second kappa shape index (κ2) is 23.8. The van der Waals surface area contributed by atoms with Gasteiger partial charge in [-0.05, 0) is 98.8 Å². The Morgan fingerprint density at radius 3 is 2.29 bits per heavy atom. The number of nitrogens with two attached hydrogens (primary N) is 1. The van der Waals surface area contributed by atoms with Crippen LogP contribution in [0, 0.1) is 0 Å². The molecule has 3 aliphatic rings. The number of H-pyrrole nitrogens is 1. The van der Waals surface area contributed by atoms with E-state index in [1.807, 2.05) is 31.3 Å². The molecule has 7 N–H and O–H groups in total. The van der Waals surface area contributed by atoms with Crippen molar-refractivity contribution in [2.45, 2.75) is 63.1 Å². The number of nitrogens with one attached hydrogen (secondary N) is 5. The third kappa shape index (κ3) is 12.4. The van der Waals surface area contributed by atoms with Crippen LogP contribution in [-0.2, 0) is 24.0 Å². The van der Waals surface area contributed by atoms with Crippen molar-refractivity contribution < 1.29 is 43.1 Å².